The lowest BCUT2D eigenvalue weighted by Crippen LogP contribution is -2.30. The lowest BCUT2D eigenvalue weighted by molar-refractivity contribution is -0.384. The lowest BCUT2D eigenvalue weighted by atomic mass is 10.3. The van der Waals surface area contributed by atoms with Gasteiger partial charge in [0.25, 0.3) is 11.6 Å². The number of amides is 1. The normalized spacial score (nSPS) is 10.5. The number of hydrazine groups is 1. The van der Waals surface area contributed by atoms with Crippen molar-refractivity contribution in [2.45, 2.75) is 0 Å². The molecule has 0 aliphatic rings. The largest absolute Gasteiger partial charge is 0.295 e. The molecule has 27 heavy (non-hydrogen) atoms. The zero-order chi connectivity index (χ0) is 19.6. The van der Waals surface area contributed by atoms with E-state index in [1.165, 1.54) is 35.1 Å². The zero-order valence-corrected chi connectivity index (χ0v) is 13.3. The van der Waals surface area contributed by atoms with Crippen molar-refractivity contribution in [3.8, 4) is 5.69 Å². The number of rotatable bonds is 5. The molecule has 1 heterocycles. The molecule has 2 N–H and O–H groups in total. The molecule has 3 aromatic rings. The lowest BCUT2D eigenvalue weighted by Gasteiger charge is -2.08. The van der Waals surface area contributed by atoms with E-state index in [0.717, 1.165) is 6.07 Å². The Morgan fingerprint density at radius 1 is 1.11 bits per heavy atom. The number of anilines is 1. The Hall–Kier alpha value is -3.89. The van der Waals surface area contributed by atoms with Crippen molar-refractivity contribution >= 4 is 17.3 Å². The summed E-state index contributed by atoms with van der Waals surface area (Å²) >= 11 is 0. The Balaban J connectivity index is 1.73. The number of hydrogen-bond donors (Lipinski definition) is 2. The summed E-state index contributed by atoms with van der Waals surface area (Å²) in [6.45, 7) is 0. The molecule has 0 saturated carbocycles. The van der Waals surface area contributed by atoms with Crippen LogP contribution in [0.5, 0.6) is 0 Å². The van der Waals surface area contributed by atoms with E-state index >= 15 is 0 Å². The smallest absolute Gasteiger partial charge is 0.290 e. The van der Waals surface area contributed by atoms with Gasteiger partial charge >= 0.3 is 0 Å². The molecule has 11 heteroatoms. The fraction of sp³-hybridized carbons (Fsp3) is 0. The third-order valence-corrected chi connectivity index (χ3v) is 3.47. The summed E-state index contributed by atoms with van der Waals surface area (Å²) in [5, 5.41) is 14.8. The van der Waals surface area contributed by atoms with Gasteiger partial charge < -0.3 is 0 Å². The quantitative estimate of drug-likeness (QED) is 0.404. The second-order valence-electron chi connectivity index (χ2n) is 5.22. The van der Waals surface area contributed by atoms with E-state index in [9.17, 15) is 28.1 Å². The van der Waals surface area contributed by atoms with Gasteiger partial charge in [0.15, 0.2) is 23.1 Å². The molecule has 2 aromatic carbocycles. The Morgan fingerprint density at radius 3 is 2.63 bits per heavy atom. The first kappa shape index (κ1) is 17.9. The molecule has 0 fully saturated rings. The summed E-state index contributed by atoms with van der Waals surface area (Å²) in [5.74, 6) is -5.31. The van der Waals surface area contributed by atoms with Crippen LogP contribution >= 0.6 is 0 Å². The second kappa shape index (κ2) is 7.15. The highest BCUT2D eigenvalue weighted by Gasteiger charge is 2.15. The van der Waals surface area contributed by atoms with Crippen LogP contribution in [0.1, 0.15) is 10.5 Å². The van der Waals surface area contributed by atoms with Crippen LogP contribution in [-0.4, -0.2) is 20.6 Å². The van der Waals surface area contributed by atoms with Crippen molar-refractivity contribution in [3.63, 3.8) is 0 Å². The first-order valence-corrected chi connectivity index (χ1v) is 7.37. The summed E-state index contributed by atoms with van der Waals surface area (Å²) in [5.41, 5.74) is 3.86. The van der Waals surface area contributed by atoms with Crippen LogP contribution in [-0.2, 0) is 0 Å². The van der Waals surface area contributed by atoms with Crippen molar-refractivity contribution in [1.82, 2.24) is 15.2 Å². The Kier molecular flexibility index (Phi) is 4.75. The monoisotopic (exact) mass is 377 g/mol. The number of benzene rings is 2. The topological polar surface area (TPSA) is 102 Å². The molecule has 0 atom stereocenters. The Bertz CT molecular complexity index is 1040. The molecule has 0 radical (unpaired) electrons. The van der Waals surface area contributed by atoms with Crippen molar-refractivity contribution in [2.24, 2.45) is 0 Å². The number of nitrogens with zero attached hydrogens (tertiary/aromatic N) is 3. The SMILES string of the molecule is O=C(NNc1ccc(F)c(F)c1F)c1ccn(-c2cccc([N+](=O)[O-])c2)n1. The van der Waals surface area contributed by atoms with E-state index in [0.29, 0.717) is 11.8 Å². The fourth-order valence-corrected chi connectivity index (χ4v) is 2.15. The summed E-state index contributed by atoms with van der Waals surface area (Å²) in [6, 6.07) is 8.51. The fourth-order valence-electron chi connectivity index (χ4n) is 2.15. The van der Waals surface area contributed by atoms with Gasteiger partial charge in [-0.25, -0.2) is 17.9 Å². The molecule has 8 nitrogen and oxygen atoms in total. The van der Waals surface area contributed by atoms with Gasteiger partial charge in [0.2, 0.25) is 0 Å². The molecule has 3 rings (SSSR count). The van der Waals surface area contributed by atoms with Crippen LogP contribution in [0.2, 0.25) is 0 Å². The third kappa shape index (κ3) is 3.71. The maximum Gasteiger partial charge on any atom is 0.290 e. The van der Waals surface area contributed by atoms with Gasteiger partial charge in [0.1, 0.15) is 0 Å². The van der Waals surface area contributed by atoms with Gasteiger partial charge in [-0.3, -0.25) is 25.8 Å². The van der Waals surface area contributed by atoms with E-state index in [1.807, 2.05) is 0 Å². The molecule has 0 saturated heterocycles. The highest BCUT2D eigenvalue weighted by Crippen LogP contribution is 2.19. The van der Waals surface area contributed by atoms with Crippen LogP contribution in [0, 0.1) is 27.6 Å². The minimum Gasteiger partial charge on any atom is -0.295 e. The number of nitro groups is 1. The second-order valence-corrected chi connectivity index (χ2v) is 5.22. The van der Waals surface area contributed by atoms with Crippen LogP contribution in [0.3, 0.4) is 0 Å². The first-order valence-electron chi connectivity index (χ1n) is 7.37. The van der Waals surface area contributed by atoms with Gasteiger partial charge in [0.05, 0.1) is 16.3 Å². The number of hydrogen-bond acceptors (Lipinski definition) is 5. The molecule has 1 aromatic heterocycles. The van der Waals surface area contributed by atoms with Crippen molar-refractivity contribution < 1.29 is 22.9 Å². The van der Waals surface area contributed by atoms with Crippen LogP contribution in [0.25, 0.3) is 5.69 Å². The number of carbonyl (C=O) groups is 1. The Labute approximate surface area is 149 Å². The maximum atomic E-state index is 13.5. The number of halogens is 3. The number of non-ortho nitro benzene ring substituents is 1. The standard InChI is InChI=1S/C16H10F3N5O3/c17-11-4-5-12(15(19)14(11)18)20-21-16(25)13-6-7-23(22-13)9-2-1-3-10(8-9)24(26)27/h1-8,20H,(H,21,25). The molecule has 0 bridgehead atoms. The van der Waals surface area contributed by atoms with E-state index in [2.05, 4.69) is 16.0 Å². The van der Waals surface area contributed by atoms with Gasteiger partial charge in [0, 0.05) is 18.3 Å². The molecular weight excluding hydrogens is 367 g/mol. The predicted molar refractivity (Wildman–Crippen MR) is 87.6 cm³/mol. The molecule has 138 valence electrons. The number of nitrogens with one attached hydrogen (secondary N) is 2. The van der Waals surface area contributed by atoms with Gasteiger partial charge in [-0.15, -0.1) is 0 Å². The average molecular weight is 377 g/mol. The van der Waals surface area contributed by atoms with Crippen LogP contribution in [0.15, 0.2) is 48.7 Å². The molecule has 0 spiro atoms. The van der Waals surface area contributed by atoms with Crippen LogP contribution < -0.4 is 10.9 Å². The number of nitro benzene ring substituents is 1. The summed E-state index contributed by atoms with van der Waals surface area (Å²) < 4.78 is 40.8. The van der Waals surface area contributed by atoms with Crippen LogP contribution in [0.4, 0.5) is 24.5 Å². The Morgan fingerprint density at radius 2 is 1.89 bits per heavy atom. The van der Waals surface area contributed by atoms with E-state index < -0.39 is 34.0 Å². The minimum atomic E-state index is -1.68. The highest BCUT2D eigenvalue weighted by atomic mass is 19.2. The van der Waals surface area contributed by atoms with Crippen molar-refractivity contribution in [3.05, 3.63) is 81.9 Å². The predicted octanol–water partition coefficient (Wildman–Crippen LogP) is 2.95. The highest BCUT2D eigenvalue weighted by molar-refractivity contribution is 5.92. The van der Waals surface area contributed by atoms with Gasteiger partial charge in [-0.1, -0.05) is 6.07 Å². The van der Waals surface area contributed by atoms with Gasteiger partial charge in [-0.05, 0) is 24.3 Å². The number of carbonyl (C=O) groups excluding carboxylic acids is 1. The minimum absolute atomic E-state index is 0.100. The molecule has 0 aliphatic carbocycles. The molecular formula is C16H10F3N5O3. The third-order valence-electron chi connectivity index (χ3n) is 3.47. The summed E-state index contributed by atoms with van der Waals surface area (Å²) in [4.78, 5) is 22.3. The van der Waals surface area contributed by atoms with Gasteiger partial charge in [-0.2, -0.15) is 5.10 Å². The molecule has 0 unspecified atom stereocenters. The molecule has 1 amide bonds. The maximum absolute atomic E-state index is 13.5. The number of aromatic nitrogens is 2. The summed E-state index contributed by atoms with van der Waals surface area (Å²) in [7, 11) is 0. The summed E-state index contributed by atoms with van der Waals surface area (Å²) in [6.07, 6.45) is 1.39. The van der Waals surface area contributed by atoms with E-state index in [-0.39, 0.29) is 11.4 Å². The first-order chi connectivity index (χ1) is 12.9. The molecule has 0 aliphatic heterocycles. The van der Waals surface area contributed by atoms with Crippen molar-refractivity contribution in [1.29, 1.82) is 0 Å². The van der Waals surface area contributed by atoms with E-state index in [1.54, 1.807) is 6.07 Å². The van der Waals surface area contributed by atoms with E-state index in [4.69, 9.17) is 0 Å². The zero-order valence-electron chi connectivity index (χ0n) is 13.3. The van der Waals surface area contributed by atoms with Crippen molar-refractivity contribution in [2.75, 3.05) is 5.43 Å². The average Bonchev–Trinajstić information content (AvgIpc) is 3.16.